The Balaban J connectivity index is 3.16. The van der Waals surface area contributed by atoms with Gasteiger partial charge in [-0.1, -0.05) is 20.8 Å². The van der Waals surface area contributed by atoms with Gasteiger partial charge in [0.25, 0.3) is 0 Å². The van der Waals surface area contributed by atoms with Crippen LogP contribution in [0, 0.1) is 0 Å². The molecule has 0 aliphatic carbocycles. The third-order valence-electron chi connectivity index (χ3n) is 1.40. The number of sulfone groups is 1. The molecule has 0 aliphatic heterocycles. The third kappa shape index (κ3) is 2.47. The predicted molar refractivity (Wildman–Crippen MR) is 51.7 cm³/mol. The molecule has 0 fully saturated rings. The summed E-state index contributed by atoms with van der Waals surface area (Å²) in [5.74, 6) is 0.581. The highest BCUT2D eigenvalue weighted by Gasteiger charge is 2.22. The molecule has 0 unspecified atom stereocenters. The van der Waals surface area contributed by atoms with Crippen LogP contribution in [-0.4, -0.2) is 24.0 Å². The lowest BCUT2D eigenvalue weighted by atomic mass is 9.96. The number of rotatable bonds is 1. The molecule has 0 N–H and O–H groups in total. The first-order valence-corrected chi connectivity index (χ1v) is 6.42. The van der Waals surface area contributed by atoms with Gasteiger partial charge in [-0.05, 0) is 11.5 Å². The van der Waals surface area contributed by atoms with Gasteiger partial charge in [-0.15, -0.1) is 0 Å². The maximum Gasteiger partial charge on any atom is 0.228 e. The second-order valence-corrected chi connectivity index (χ2v) is 6.85. The molecule has 1 aromatic rings. The van der Waals surface area contributed by atoms with E-state index in [4.69, 9.17) is 0 Å². The van der Waals surface area contributed by atoms with Crippen LogP contribution in [0.2, 0.25) is 0 Å². The van der Waals surface area contributed by atoms with Gasteiger partial charge in [0.2, 0.25) is 14.2 Å². The Morgan fingerprint density at radius 1 is 1.31 bits per heavy atom. The maximum absolute atomic E-state index is 11.1. The highest BCUT2D eigenvalue weighted by Crippen LogP contribution is 2.22. The van der Waals surface area contributed by atoms with Crippen molar-refractivity contribution in [2.75, 3.05) is 6.26 Å². The average Bonchev–Trinajstić information content (AvgIpc) is 2.28. The first-order valence-electron chi connectivity index (χ1n) is 3.75. The fraction of sp³-hybridized carbons (Fsp3) is 0.714. The Bertz CT molecular complexity index is 400. The summed E-state index contributed by atoms with van der Waals surface area (Å²) in [6.45, 7) is 5.84. The lowest BCUT2D eigenvalue weighted by molar-refractivity contribution is 0.549. The van der Waals surface area contributed by atoms with Crippen molar-refractivity contribution < 1.29 is 8.42 Å². The van der Waals surface area contributed by atoms with Crippen LogP contribution < -0.4 is 0 Å². The molecular weight excluding hydrogens is 208 g/mol. The van der Waals surface area contributed by atoms with E-state index in [-0.39, 0.29) is 9.75 Å². The molecular formula is C7H12N2O2S2. The van der Waals surface area contributed by atoms with Crippen LogP contribution in [0.1, 0.15) is 26.6 Å². The summed E-state index contributed by atoms with van der Waals surface area (Å²) in [4.78, 5) is 3.97. The Kier molecular flexibility index (Phi) is 2.46. The van der Waals surface area contributed by atoms with Crippen molar-refractivity contribution in [3.8, 4) is 0 Å². The molecule has 4 nitrogen and oxygen atoms in total. The number of hydrogen-bond donors (Lipinski definition) is 0. The third-order valence-corrected chi connectivity index (χ3v) is 3.76. The van der Waals surface area contributed by atoms with E-state index in [9.17, 15) is 8.42 Å². The molecule has 0 radical (unpaired) electrons. The Morgan fingerprint density at radius 3 is 2.08 bits per heavy atom. The number of hydrogen-bond acceptors (Lipinski definition) is 5. The molecule has 0 saturated heterocycles. The Hall–Kier alpha value is -0.490. The van der Waals surface area contributed by atoms with Gasteiger partial charge in [-0.2, -0.15) is 4.37 Å². The summed E-state index contributed by atoms with van der Waals surface area (Å²) < 4.78 is 26.3. The van der Waals surface area contributed by atoms with Crippen molar-refractivity contribution >= 4 is 21.4 Å². The zero-order valence-corrected chi connectivity index (χ0v) is 9.66. The van der Waals surface area contributed by atoms with E-state index >= 15 is 0 Å². The van der Waals surface area contributed by atoms with Crippen molar-refractivity contribution in [3.05, 3.63) is 5.82 Å². The van der Waals surface area contributed by atoms with Crippen molar-refractivity contribution in [2.45, 2.75) is 30.5 Å². The van der Waals surface area contributed by atoms with Gasteiger partial charge in [-0.25, -0.2) is 13.4 Å². The van der Waals surface area contributed by atoms with Crippen molar-refractivity contribution in [1.29, 1.82) is 0 Å². The van der Waals surface area contributed by atoms with Crippen LogP contribution >= 0.6 is 11.5 Å². The summed E-state index contributed by atoms with van der Waals surface area (Å²) in [5.41, 5.74) is -0.195. The average molecular weight is 220 g/mol. The van der Waals surface area contributed by atoms with E-state index in [0.29, 0.717) is 5.82 Å². The van der Waals surface area contributed by atoms with Gasteiger partial charge < -0.3 is 0 Å². The minimum Gasteiger partial charge on any atom is -0.221 e. The summed E-state index contributed by atoms with van der Waals surface area (Å²) in [6, 6.07) is 0. The molecule has 0 saturated carbocycles. The van der Waals surface area contributed by atoms with Crippen LogP contribution in [0.5, 0.6) is 0 Å². The second-order valence-electron chi connectivity index (χ2n) is 3.91. The molecule has 0 spiro atoms. The van der Waals surface area contributed by atoms with Crippen LogP contribution in [0.4, 0.5) is 0 Å². The molecule has 1 rings (SSSR count). The zero-order chi connectivity index (χ0) is 10.3. The SMILES string of the molecule is CC(C)(C)c1nsc(S(C)(=O)=O)n1. The number of aromatic nitrogens is 2. The minimum atomic E-state index is -3.20. The largest absolute Gasteiger partial charge is 0.228 e. The van der Waals surface area contributed by atoms with Crippen LogP contribution in [-0.2, 0) is 15.3 Å². The smallest absolute Gasteiger partial charge is 0.221 e. The molecule has 6 heteroatoms. The standard InChI is InChI=1S/C7H12N2O2S2/c1-7(2,3)5-8-6(12-9-5)13(4,10)11/h1-4H3. The molecule has 0 amide bonds. The van der Waals surface area contributed by atoms with Gasteiger partial charge in [-0.3, -0.25) is 0 Å². The van der Waals surface area contributed by atoms with Gasteiger partial charge in [0.1, 0.15) is 5.82 Å². The van der Waals surface area contributed by atoms with Gasteiger partial charge in [0.15, 0.2) is 0 Å². The summed E-state index contributed by atoms with van der Waals surface area (Å²) in [5, 5.41) is 0. The lowest BCUT2D eigenvalue weighted by Gasteiger charge is -2.11. The zero-order valence-electron chi connectivity index (χ0n) is 8.03. The molecule has 0 aromatic carbocycles. The van der Waals surface area contributed by atoms with Gasteiger partial charge >= 0.3 is 0 Å². The highest BCUT2D eigenvalue weighted by atomic mass is 32.2. The van der Waals surface area contributed by atoms with E-state index in [1.807, 2.05) is 20.8 Å². The molecule has 13 heavy (non-hydrogen) atoms. The van der Waals surface area contributed by atoms with Gasteiger partial charge in [0.05, 0.1) is 0 Å². The summed E-state index contributed by atoms with van der Waals surface area (Å²) >= 11 is 0.934. The van der Waals surface area contributed by atoms with E-state index in [2.05, 4.69) is 9.36 Å². The topological polar surface area (TPSA) is 59.9 Å². The molecule has 0 bridgehead atoms. The second kappa shape index (κ2) is 3.02. The first kappa shape index (κ1) is 10.6. The van der Waals surface area contributed by atoms with Crippen LogP contribution in [0.3, 0.4) is 0 Å². The molecule has 0 aliphatic rings. The normalized spacial score (nSPS) is 13.2. The predicted octanol–water partition coefficient (Wildman–Crippen LogP) is 1.24. The van der Waals surface area contributed by atoms with E-state index in [1.54, 1.807) is 0 Å². The summed E-state index contributed by atoms with van der Waals surface area (Å²) in [6.07, 6.45) is 1.14. The Labute approximate surface area is 82.1 Å². The molecule has 0 atom stereocenters. The maximum atomic E-state index is 11.1. The fourth-order valence-corrected chi connectivity index (χ4v) is 2.18. The highest BCUT2D eigenvalue weighted by molar-refractivity contribution is 7.92. The molecule has 1 aromatic heterocycles. The Morgan fingerprint density at radius 2 is 1.85 bits per heavy atom. The summed E-state index contributed by atoms with van der Waals surface area (Å²) in [7, 11) is -3.20. The van der Waals surface area contributed by atoms with E-state index in [0.717, 1.165) is 17.8 Å². The lowest BCUT2D eigenvalue weighted by Crippen LogP contribution is -2.13. The fourth-order valence-electron chi connectivity index (χ4n) is 0.665. The minimum absolute atomic E-state index is 0.0948. The van der Waals surface area contributed by atoms with Crippen molar-refractivity contribution in [2.24, 2.45) is 0 Å². The first-order chi connectivity index (χ1) is 5.71. The molecule has 1 heterocycles. The monoisotopic (exact) mass is 220 g/mol. The van der Waals surface area contributed by atoms with Crippen LogP contribution in [0.15, 0.2) is 4.34 Å². The van der Waals surface area contributed by atoms with Crippen molar-refractivity contribution in [3.63, 3.8) is 0 Å². The van der Waals surface area contributed by atoms with Gasteiger partial charge in [0, 0.05) is 11.7 Å². The van der Waals surface area contributed by atoms with E-state index < -0.39 is 9.84 Å². The van der Waals surface area contributed by atoms with Crippen molar-refractivity contribution in [1.82, 2.24) is 9.36 Å². The van der Waals surface area contributed by atoms with E-state index in [1.165, 1.54) is 0 Å². The quantitative estimate of drug-likeness (QED) is 0.714. The number of nitrogens with zero attached hydrogens (tertiary/aromatic N) is 2. The molecule has 74 valence electrons. The van der Waals surface area contributed by atoms with Crippen LogP contribution in [0.25, 0.3) is 0 Å².